The predicted octanol–water partition coefficient (Wildman–Crippen LogP) is 0.476. The number of aliphatic carboxylic acids is 1. The van der Waals surface area contributed by atoms with E-state index in [0.29, 0.717) is 5.92 Å². The number of ether oxygens (including phenoxy) is 1. The third-order valence-electron chi connectivity index (χ3n) is 3.34. The van der Waals surface area contributed by atoms with Gasteiger partial charge in [-0.25, -0.2) is 0 Å². The van der Waals surface area contributed by atoms with Crippen molar-refractivity contribution in [2.75, 3.05) is 19.8 Å². The third kappa shape index (κ3) is 1.91. The molecule has 0 saturated carbocycles. The Morgan fingerprint density at radius 1 is 1.43 bits per heavy atom. The van der Waals surface area contributed by atoms with Gasteiger partial charge in [-0.1, -0.05) is 0 Å². The molecule has 0 radical (unpaired) electrons. The Morgan fingerprint density at radius 3 is 2.93 bits per heavy atom. The molecule has 3 atom stereocenters. The monoisotopic (exact) mass is 199 g/mol. The number of hydrogen-bond acceptors (Lipinski definition) is 3. The van der Waals surface area contributed by atoms with Gasteiger partial charge in [0, 0.05) is 13.2 Å². The van der Waals surface area contributed by atoms with Crippen LogP contribution in [0.25, 0.3) is 0 Å². The zero-order chi connectivity index (χ0) is 9.97. The van der Waals surface area contributed by atoms with Gasteiger partial charge in [-0.2, -0.15) is 0 Å². The van der Waals surface area contributed by atoms with Gasteiger partial charge in [0.1, 0.15) is 6.04 Å². The molecule has 0 spiro atoms. The molecule has 2 heterocycles. The Hall–Kier alpha value is -0.610. The van der Waals surface area contributed by atoms with E-state index in [9.17, 15) is 4.79 Å². The first kappa shape index (κ1) is 9.93. The first-order valence-corrected chi connectivity index (χ1v) is 5.33. The zero-order valence-electron chi connectivity index (χ0n) is 8.24. The van der Waals surface area contributed by atoms with E-state index in [4.69, 9.17) is 9.84 Å². The van der Waals surface area contributed by atoms with Crippen molar-refractivity contribution in [3.8, 4) is 0 Å². The summed E-state index contributed by atoms with van der Waals surface area (Å²) in [6.07, 6.45) is 3.18. The molecule has 0 aromatic rings. The van der Waals surface area contributed by atoms with Crippen LogP contribution in [-0.2, 0) is 9.53 Å². The van der Waals surface area contributed by atoms with Gasteiger partial charge in [-0.3, -0.25) is 4.79 Å². The first-order valence-electron chi connectivity index (χ1n) is 5.33. The maximum absolute atomic E-state index is 11.0. The Kier molecular flexibility index (Phi) is 3.03. The van der Waals surface area contributed by atoms with Gasteiger partial charge < -0.3 is 15.2 Å². The topological polar surface area (TPSA) is 58.6 Å². The quantitative estimate of drug-likeness (QED) is 0.679. The van der Waals surface area contributed by atoms with E-state index in [-0.39, 0.29) is 12.0 Å². The lowest BCUT2D eigenvalue weighted by Crippen LogP contribution is -2.40. The van der Waals surface area contributed by atoms with E-state index in [1.54, 1.807) is 0 Å². The van der Waals surface area contributed by atoms with Crippen LogP contribution in [0.1, 0.15) is 19.3 Å². The summed E-state index contributed by atoms with van der Waals surface area (Å²) in [4.78, 5) is 11.0. The summed E-state index contributed by atoms with van der Waals surface area (Å²) in [6.45, 7) is 2.42. The highest BCUT2D eigenvalue weighted by Crippen LogP contribution is 2.30. The first-order chi connectivity index (χ1) is 6.79. The van der Waals surface area contributed by atoms with Crippen molar-refractivity contribution in [2.24, 2.45) is 11.8 Å². The molecular weight excluding hydrogens is 182 g/mol. The van der Waals surface area contributed by atoms with Crippen molar-refractivity contribution in [3.63, 3.8) is 0 Å². The van der Waals surface area contributed by atoms with Gasteiger partial charge in [0.2, 0.25) is 0 Å². The van der Waals surface area contributed by atoms with Gasteiger partial charge in [0.15, 0.2) is 0 Å². The van der Waals surface area contributed by atoms with Gasteiger partial charge >= 0.3 is 5.97 Å². The smallest absolute Gasteiger partial charge is 0.320 e. The minimum atomic E-state index is -0.710. The lowest BCUT2D eigenvalue weighted by molar-refractivity contribution is -0.141. The van der Waals surface area contributed by atoms with Crippen LogP contribution in [0.2, 0.25) is 0 Å². The van der Waals surface area contributed by atoms with Crippen LogP contribution in [0.3, 0.4) is 0 Å². The Bertz CT molecular complexity index is 213. The van der Waals surface area contributed by atoms with E-state index in [2.05, 4.69) is 5.32 Å². The lowest BCUT2D eigenvalue weighted by Gasteiger charge is -2.29. The van der Waals surface area contributed by atoms with E-state index >= 15 is 0 Å². The zero-order valence-corrected chi connectivity index (χ0v) is 8.24. The van der Waals surface area contributed by atoms with Crippen molar-refractivity contribution >= 4 is 5.97 Å². The molecule has 0 aliphatic carbocycles. The average Bonchev–Trinajstić information content (AvgIpc) is 2.67. The average molecular weight is 199 g/mol. The number of carboxylic acid groups (broad SMARTS) is 1. The van der Waals surface area contributed by atoms with Gasteiger partial charge in [0.25, 0.3) is 0 Å². The minimum Gasteiger partial charge on any atom is -0.480 e. The van der Waals surface area contributed by atoms with Crippen LogP contribution in [0.5, 0.6) is 0 Å². The van der Waals surface area contributed by atoms with Crippen LogP contribution >= 0.6 is 0 Å². The number of rotatable bonds is 2. The molecule has 0 aromatic carbocycles. The highest BCUT2D eigenvalue weighted by Gasteiger charge is 2.38. The minimum absolute atomic E-state index is 0.271. The molecule has 2 aliphatic rings. The lowest BCUT2D eigenvalue weighted by atomic mass is 9.83. The van der Waals surface area contributed by atoms with Gasteiger partial charge in [0.05, 0.1) is 0 Å². The normalized spacial score (nSPS) is 38.4. The summed E-state index contributed by atoms with van der Waals surface area (Å²) < 4.78 is 5.40. The highest BCUT2D eigenvalue weighted by molar-refractivity contribution is 5.74. The molecule has 3 unspecified atom stereocenters. The fourth-order valence-corrected chi connectivity index (χ4v) is 2.61. The van der Waals surface area contributed by atoms with E-state index in [0.717, 1.165) is 39.0 Å². The van der Waals surface area contributed by atoms with E-state index in [1.165, 1.54) is 0 Å². The molecule has 2 fully saturated rings. The van der Waals surface area contributed by atoms with Crippen molar-refractivity contribution in [2.45, 2.75) is 25.3 Å². The molecule has 0 amide bonds. The van der Waals surface area contributed by atoms with Crippen molar-refractivity contribution in [1.29, 1.82) is 0 Å². The van der Waals surface area contributed by atoms with Crippen LogP contribution in [0, 0.1) is 11.8 Å². The maximum atomic E-state index is 11.0. The fraction of sp³-hybridized carbons (Fsp3) is 0.900. The molecule has 2 aliphatic heterocycles. The molecule has 80 valence electrons. The second-order valence-electron chi connectivity index (χ2n) is 4.20. The SMILES string of the molecule is O=C(O)C1NCCC1C1CCCOC1. The Labute approximate surface area is 83.6 Å². The molecule has 14 heavy (non-hydrogen) atoms. The van der Waals surface area contributed by atoms with Gasteiger partial charge in [-0.05, 0) is 37.6 Å². The van der Waals surface area contributed by atoms with Crippen LogP contribution in [0.15, 0.2) is 0 Å². The molecule has 2 rings (SSSR count). The summed E-state index contributed by atoms with van der Waals surface area (Å²) in [5, 5.41) is 12.1. The largest absolute Gasteiger partial charge is 0.480 e. The number of carboxylic acids is 1. The molecule has 2 saturated heterocycles. The molecule has 4 heteroatoms. The second-order valence-corrected chi connectivity index (χ2v) is 4.20. The van der Waals surface area contributed by atoms with E-state index in [1.807, 2.05) is 0 Å². The van der Waals surface area contributed by atoms with Crippen molar-refractivity contribution in [1.82, 2.24) is 5.32 Å². The molecule has 0 aromatic heterocycles. The summed E-state index contributed by atoms with van der Waals surface area (Å²) in [5.74, 6) is 0.00530. The van der Waals surface area contributed by atoms with Gasteiger partial charge in [-0.15, -0.1) is 0 Å². The molecule has 2 N–H and O–H groups in total. The molecular formula is C10H17NO3. The van der Waals surface area contributed by atoms with Crippen LogP contribution in [-0.4, -0.2) is 36.9 Å². The number of carbonyl (C=O) groups is 1. The molecule has 4 nitrogen and oxygen atoms in total. The van der Waals surface area contributed by atoms with E-state index < -0.39 is 5.97 Å². The summed E-state index contributed by atoms with van der Waals surface area (Å²) in [7, 11) is 0. The predicted molar refractivity (Wildman–Crippen MR) is 51.1 cm³/mol. The summed E-state index contributed by atoms with van der Waals surface area (Å²) >= 11 is 0. The number of hydrogen-bond donors (Lipinski definition) is 2. The van der Waals surface area contributed by atoms with Crippen LogP contribution in [0.4, 0.5) is 0 Å². The summed E-state index contributed by atoms with van der Waals surface area (Å²) in [5.41, 5.74) is 0. The van der Waals surface area contributed by atoms with Crippen LogP contribution < -0.4 is 5.32 Å². The molecule has 0 bridgehead atoms. The highest BCUT2D eigenvalue weighted by atomic mass is 16.5. The standard InChI is InChI=1S/C10H17NO3/c12-10(13)9-8(3-4-11-9)7-2-1-5-14-6-7/h7-9,11H,1-6H2,(H,12,13). The number of nitrogens with one attached hydrogen (secondary N) is 1. The van der Waals surface area contributed by atoms with Crippen molar-refractivity contribution < 1.29 is 14.6 Å². The Morgan fingerprint density at radius 2 is 2.29 bits per heavy atom. The maximum Gasteiger partial charge on any atom is 0.320 e. The Balaban J connectivity index is 1.97. The second kappa shape index (κ2) is 4.28. The van der Waals surface area contributed by atoms with Crippen molar-refractivity contribution in [3.05, 3.63) is 0 Å². The fourth-order valence-electron chi connectivity index (χ4n) is 2.61. The third-order valence-corrected chi connectivity index (χ3v) is 3.34. The summed E-state index contributed by atoms with van der Waals surface area (Å²) in [6, 6.07) is -0.346.